The van der Waals surface area contributed by atoms with Crippen molar-refractivity contribution in [3.8, 4) is 0 Å². The Morgan fingerprint density at radius 2 is 2.47 bits per heavy atom. The Morgan fingerprint density at radius 1 is 1.73 bits per heavy atom. The Bertz CT molecular complexity index is 384. The van der Waals surface area contributed by atoms with Gasteiger partial charge in [-0.2, -0.15) is 0 Å². The van der Waals surface area contributed by atoms with Crippen LogP contribution in [0.3, 0.4) is 0 Å². The van der Waals surface area contributed by atoms with E-state index in [0.29, 0.717) is 17.8 Å². The topological polar surface area (TPSA) is 67.2 Å². The largest absolute Gasteiger partial charge is 0.476 e. The van der Waals surface area contributed by atoms with Crippen molar-refractivity contribution >= 4 is 11.9 Å². The summed E-state index contributed by atoms with van der Waals surface area (Å²) in [5.41, 5.74) is 0.113. The lowest BCUT2D eigenvalue weighted by molar-refractivity contribution is 0.0691. The standard InChI is InChI=1S/C10H15N3O2/c1-6(2)7-3-11-10-12-8(9(14)15)5-13(10)4-7/h5-7H,3-4H2,1-2H3,(H,11,12)(H,14,15). The number of aromatic nitrogens is 2. The number of carboxylic acids is 1. The molecule has 15 heavy (non-hydrogen) atoms. The summed E-state index contributed by atoms with van der Waals surface area (Å²) in [5, 5.41) is 12.0. The molecule has 2 N–H and O–H groups in total. The monoisotopic (exact) mass is 209 g/mol. The molecule has 1 aromatic rings. The lowest BCUT2D eigenvalue weighted by atomic mass is 9.95. The highest BCUT2D eigenvalue weighted by molar-refractivity contribution is 5.85. The molecule has 1 aliphatic heterocycles. The summed E-state index contributed by atoms with van der Waals surface area (Å²) in [4.78, 5) is 14.7. The number of aromatic carboxylic acids is 1. The zero-order valence-electron chi connectivity index (χ0n) is 8.90. The molecule has 1 aliphatic rings. The quantitative estimate of drug-likeness (QED) is 0.770. The molecule has 5 heteroatoms. The van der Waals surface area contributed by atoms with Gasteiger partial charge in [0.05, 0.1) is 0 Å². The van der Waals surface area contributed by atoms with E-state index in [4.69, 9.17) is 5.11 Å². The summed E-state index contributed by atoms with van der Waals surface area (Å²) < 4.78 is 1.89. The smallest absolute Gasteiger partial charge is 0.356 e. The molecule has 82 valence electrons. The molecule has 0 amide bonds. The minimum absolute atomic E-state index is 0.113. The predicted molar refractivity (Wildman–Crippen MR) is 56.0 cm³/mol. The lowest BCUT2D eigenvalue weighted by Crippen LogP contribution is -2.30. The van der Waals surface area contributed by atoms with Crippen molar-refractivity contribution in [1.29, 1.82) is 0 Å². The van der Waals surface area contributed by atoms with Gasteiger partial charge in [0, 0.05) is 19.3 Å². The Labute approximate surface area is 88.1 Å². The second-order valence-corrected chi connectivity index (χ2v) is 4.29. The lowest BCUT2D eigenvalue weighted by Gasteiger charge is -2.27. The van der Waals surface area contributed by atoms with Gasteiger partial charge in [0.1, 0.15) is 0 Å². The molecule has 2 heterocycles. The first-order chi connectivity index (χ1) is 7.08. The average molecular weight is 209 g/mol. The molecule has 1 unspecified atom stereocenters. The van der Waals surface area contributed by atoms with Gasteiger partial charge in [-0.15, -0.1) is 0 Å². The van der Waals surface area contributed by atoms with Crippen molar-refractivity contribution in [2.24, 2.45) is 11.8 Å². The second kappa shape index (κ2) is 3.56. The normalized spacial score (nSPS) is 19.8. The Kier molecular flexibility index (Phi) is 2.38. The van der Waals surface area contributed by atoms with Crippen LogP contribution in [0.25, 0.3) is 0 Å². The maximum atomic E-state index is 10.7. The number of rotatable bonds is 2. The van der Waals surface area contributed by atoms with Crippen molar-refractivity contribution in [3.05, 3.63) is 11.9 Å². The van der Waals surface area contributed by atoms with Crippen molar-refractivity contribution in [1.82, 2.24) is 9.55 Å². The molecule has 0 spiro atoms. The maximum Gasteiger partial charge on any atom is 0.356 e. The van der Waals surface area contributed by atoms with Crippen LogP contribution in [-0.4, -0.2) is 27.2 Å². The first-order valence-corrected chi connectivity index (χ1v) is 5.12. The average Bonchev–Trinajstić information content (AvgIpc) is 2.59. The molecule has 0 radical (unpaired) electrons. The number of nitrogens with one attached hydrogen (secondary N) is 1. The summed E-state index contributed by atoms with van der Waals surface area (Å²) in [6, 6.07) is 0. The molecule has 1 aromatic heterocycles. The van der Waals surface area contributed by atoms with Crippen molar-refractivity contribution in [3.63, 3.8) is 0 Å². The highest BCUT2D eigenvalue weighted by atomic mass is 16.4. The van der Waals surface area contributed by atoms with Crippen LogP contribution in [0, 0.1) is 11.8 Å². The van der Waals surface area contributed by atoms with Crippen LogP contribution >= 0.6 is 0 Å². The summed E-state index contributed by atoms with van der Waals surface area (Å²) >= 11 is 0. The van der Waals surface area contributed by atoms with Gasteiger partial charge in [-0.3, -0.25) is 0 Å². The summed E-state index contributed by atoms with van der Waals surface area (Å²) in [7, 11) is 0. The Balaban J connectivity index is 2.23. The van der Waals surface area contributed by atoms with E-state index in [1.54, 1.807) is 6.20 Å². The van der Waals surface area contributed by atoms with E-state index in [1.807, 2.05) is 4.57 Å². The predicted octanol–water partition coefficient (Wildman–Crippen LogP) is 1.28. The highest BCUT2D eigenvalue weighted by Gasteiger charge is 2.23. The minimum Gasteiger partial charge on any atom is -0.476 e. The van der Waals surface area contributed by atoms with E-state index >= 15 is 0 Å². The molecular weight excluding hydrogens is 194 g/mol. The van der Waals surface area contributed by atoms with E-state index in [0.717, 1.165) is 13.1 Å². The number of carboxylic acid groups (broad SMARTS) is 1. The van der Waals surface area contributed by atoms with Gasteiger partial charge in [-0.1, -0.05) is 13.8 Å². The molecule has 0 aromatic carbocycles. The molecule has 0 saturated carbocycles. The fourth-order valence-corrected chi connectivity index (χ4v) is 1.79. The maximum absolute atomic E-state index is 10.7. The van der Waals surface area contributed by atoms with Crippen LogP contribution in [0.1, 0.15) is 24.3 Å². The van der Waals surface area contributed by atoms with Gasteiger partial charge in [0.2, 0.25) is 5.95 Å². The van der Waals surface area contributed by atoms with Crippen LogP contribution in [0.4, 0.5) is 5.95 Å². The van der Waals surface area contributed by atoms with Crippen molar-refractivity contribution in [2.45, 2.75) is 20.4 Å². The van der Waals surface area contributed by atoms with Gasteiger partial charge in [0.25, 0.3) is 0 Å². The first-order valence-electron chi connectivity index (χ1n) is 5.12. The van der Waals surface area contributed by atoms with Gasteiger partial charge in [-0.05, 0) is 11.8 Å². The molecule has 0 fully saturated rings. The van der Waals surface area contributed by atoms with E-state index in [-0.39, 0.29) is 5.69 Å². The number of nitrogens with zero attached hydrogens (tertiary/aromatic N) is 2. The number of fused-ring (bicyclic) bond motifs is 1. The van der Waals surface area contributed by atoms with E-state index in [2.05, 4.69) is 24.1 Å². The SMILES string of the molecule is CC(C)C1CNc2nc(C(=O)O)cn2C1. The third-order valence-electron chi connectivity index (χ3n) is 2.89. The fourth-order valence-electron chi connectivity index (χ4n) is 1.79. The molecular formula is C10H15N3O2. The summed E-state index contributed by atoms with van der Waals surface area (Å²) in [5.74, 6) is 0.818. The Morgan fingerprint density at radius 3 is 3.07 bits per heavy atom. The van der Waals surface area contributed by atoms with Crippen molar-refractivity contribution < 1.29 is 9.90 Å². The molecule has 1 atom stereocenters. The number of anilines is 1. The molecule has 0 saturated heterocycles. The van der Waals surface area contributed by atoms with Crippen LogP contribution < -0.4 is 5.32 Å². The summed E-state index contributed by atoms with van der Waals surface area (Å²) in [6.07, 6.45) is 1.60. The zero-order valence-corrected chi connectivity index (χ0v) is 8.90. The van der Waals surface area contributed by atoms with E-state index in [9.17, 15) is 4.79 Å². The van der Waals surface area contributed by atoms with Gasteiger partial charge < -0.3 is 15.0 Å². The van der Waals surface area contributed by atoms with Crippen LogP contribution in [0.15, 0.2) is 6.20 Å². The zero-order chi connectivity index (χ0) is 11.0. The third-order valence-corrected chi connectivity index (χ3v) is 2.89. The number of hydrogen-bond acceptors (Lipinski definition) is 3. The molecule has 2 rings (SSSR count). The molecule has 0 aliphatic carbocycles. The van der Waals surface area contributed by atoms with Gasteiger partial charge in [-0.25, -0.2) is 9.78 Å². The van der Waals surface area contributed by atoms with Gasteiger partial charge in [0.15, 0.2) is 5.69 Å². The van der Waals surface area contributed by atoms with Gasteiger partial charge >= 0.3 is 5.97 Å². The summed E-state index contributed by atoms with van der Waals surface area (Å²) in [6.45, 7) is 6.06. The molecule has 5 nitrogen and oxygen atoms in total. The van der Waals surface area contributed by atoms with E-state index < -0.39 is 5.97 Å². The minimum atomic E-state index is -0.972. The van der Waals surface area contributed by atoms with Crippen LogP contribution in [-0.2, 0) is 6.54 Å². The number of imidazole rings is 1. The third kappa shape index (κ3) is 1.82. The van der Waals surface area contributed by atoms with Crippen molar-refractivity contribution in [2.75, 3.05) is 11.9 Å². The number of carbonyl (C=O) groups is 1. The van der Waals surface area contributed by atoms with Crippen LogP contribution in [0.2, 0.25) is 0 Å². The van der Waals surface area contributed by atoms with Crippen LogP contribution in [0.5, 0.6) is 0 Å². The molecule has 0 bridgehead atoms. The van der Waals surface area contributed by atoms with E-state index in [1.165, 1.54) is 0 Å². The second-order valence-electron chi connectivity index (χ2n) is 4.29. The number of hydrogen-bond donors (Lipinski definition) is 2. The highest BCUT2D eigenvalue weighted by Crippen LogP contribution is 2.22. The fraction of sp³-hybridized carbons (Fsp3) is 0.600. The Hall–Kier alpha value is -1.52. The first kappa shape index (κ1) is 10.0.